The lowest BCUT2D eigenvalue weighted by Crippen LogP contribution is -2.38. The van der Waals surface area contributed by atoms with E-state index < -0.39 is 9.84 Å². The molecule has 0 heterocycles. The van der Waals surface area contributed by atoms with Crippen molar-refractivity contribution >= 4 is 21.4 Å². The highest BCUT2D eigenvalue weighted by Crippen LogP contribution is 2.34. The van der Waals surface area contributed by atoms with E-state index in [1.807, 2.05) is 0 Å². The maximum Gasteiger partial charge on any atom is 0.239 e. The summed E-state index contributed by atoms with van der Waals surface area (Å²) in [4.78, 5) is 12.6. The van der Waals surface area contributed by atoms with Gasteiger partial charge in [-0.15, -0.1) is 0 Å². The summed E-state index contributed by atoms with van der Waals surface area (Å²) >= 11 is 0. The molecule has 0 aliphatic heterocycles. The Morgan fingerprint density at radius 1 is 0.968 bits per heavy atom. The highest BCUT2D eigenvalue weighted by molar-refractivity contribution is 7.91. The van der Waals surface area contributed by atoms with Crippen LogP contribution < -0.4 is 20.1 Å². The highest BCUT2D eigenvalue weighted by atomic mass is 32.2. The van der Waals surface area contributed by atoms with Gasteiger partial charge in [-0.05, 0) is 37.1 Å². The van der Waals surface area contributed by atoms with Crippen LogP contribution in [0.1, 0.15) is 38.5 Å². The highest BCUT2D eigenvalue weighted by Gasteiger charge is 2.23. The number of hydrogen-bond acceptors (Lipinski definition) is 6. The zero-order valence-electron chi connectivity index (χ0n) is 18.0. The van der Waals surface area contributed by atoms with Gasteiger partial charge >= 0.3 is 0 Å². The second kappa shape index (κ2) is 10.5. The summed E-state index contributed by atoms with van der Waals surface area (Å²) in [5.74, 6) is 0.644. The van der Waals surface area contributed by atoms with E-state index in [0.29, 0.717) is 17.2 Å². The lowest BCUT2D eigenvalue weighted by molar-refractivity contribution is -0.120. The molecule has 0 radical (unpaired) electrons. The monoisotopic (exact) mass is 446 g/mol. The first-order valence-electron chi connectivity index (χ1n) is 10.5. The van der Waals surface area contributed by atoms with Crippen LogP contribution in [0.25, 0.3) is 0 Å². The summed E-state index contributed by atoms with van der Waals surface area (Å²) in [6, 6.07) is 11.2. The van der Waals surface area contributed by atoms with Gasteiger partial charge in [-0.3, -0.25) is 4.79 Å². The Kier molecular flexibility index (Phi) is 7.79. The van der Waals surface area contributed by atoms with Crippen LogP contribution in [0.4, 0.5) is 5.69 Å². The third-order valence-corrected chi connectivity index (χ3v) is 7.31. The third-order valence-electron chi connectivity index (χ3n) is 5.50. The Hall–Kier alpha value is -2.74. The van der Waals surface area contributed by atoms with Crippen molar-refractivity contribution in [1.29, 1.82) is 0 Å². The van der Waals surface area contributed by atoms with E-state index in [4.69, 9.17) is 9.47 Å². The van der Waals surface area contributed by atoms with E-state index in [1.165, 1.54) is 45.3 Å². The van der Waals surface area contributed by atoms with E-state index >= 15 is 0 Å². The summed E-state index contributed by atoms with van der Waals surface area (Å²) in [6.07, 6.45) is 6.68. The maximum absolute atomic E-state index is 13.3. The fourth-order valence-electron chi connectivity index (χ4n) is 3.84. The number of sulfone groups is 1. The van der Waals surface area contributed by atoms with Gasteiger partial charge in [-0.1, -0.05) is 37.8 Å². The first kappa shape index (κ1) is 22.9. The number of nitrogens with one attached hydrogen (secondary N) is 2. The standard InChI is InChI=1S/C23H30N2O5S/c1-29-20-14-13-18(15-21(20)30-2)31(27,28)22-12-8-7-11-19(22)24-16-23(26)25-17-9-5-3-4-6-10-17/h7-8,11-15,17,24H,3-6,9-10,16H2,1-2H3,(H,25,26). The van der Waals surface area contributed by atoms with Crippen molar-refractivity contribution in [3.05, 3.63) is 42.5 Å². The molecule has 1 aliphatic carbocycles. The lowest BCUT2D eigenvalue weighted by Gasteiger charge is -2.17. The maximum atomic E-state index is 13.3. The number of carbonyl (C=O) groups excluding carboxylic acids is 1. The van der Waals surface area contributed by atoms with Crippen molar-refractivity contribution in [2.24, 2.45) is 0 Å². The third kappa shape index (κ3) is 5.70. The molecule has 0 spiro atoms. The molecule has 31 heavy (non-hydrogen) atoms. The number of rotatable bonds is 8. The molecule has 168 valence electrons. The predicted molar refractivity (Wildman–Crippen MR) is 120 cm³/mol. The van der Waals surface area contributed by atoms with Crippen LogP contribution in [-0.4, -0.2) is 41.1 Å². The predicted octanol–water partition coefficient (Wildman–Crippen LogP) is 3.79. The van der Waals surface area contributed by atoms with Gasteiger partial charge < -0.3 is 20.1 Å². The van der Waals surface area contributed by atoms with Crippen LogP contribution >= 0.6 is 0 Å². The number of benzene rings is 2. The molecule has 8 heteroatoms. The molecular formula is C23H30N2O5S. The summed E-state index contributed by atoms with van der Waals surface area (Å²) in [5, 5.41) is 6.06. The quantitative estimate of drug-likeness (QED) is 0.600. The molecule has 3 rings (SSSR count). The minimum Gasteiger partial charge on any atom is -0.493 e. The fraction of sp³-hybridized carbons (Fsp3) is 0.435. The van der Waals surface area contributed by atoms with Gasteiger partial charge in [0.1, 0.15) is 0 Å². The number of hydrogen-bond donors (Lipinski definition) is 2. The Labute approximate surface area is 184 Å². The smallest absolute Gasteiger partial charge is 0.239 e. The van der Waals surface area contributed by atoms with Crippen molar-refractivity contribution in [3.63, 3.8) is 0 Å². The Morgan fingerprint density at radius 2 is 1.65 bits per heavy atom. The molecule has 1 fully saturated rings. The van der Waals surface area contributed by atoms with Gasteiger partial charge in [-0.25, -0.2) is 8.42 Å². The molecule has 1 amide bonds. The average molecular weight is 447 g/mol. The molecule has 0 unspecified atom stereocenters. The van der Waals surface area contributed by atoms with E-state index in [0.717, 1.165) is 25.7 Å². The normalized spacial score (nSPS) is 15.0. The largest absolute Gasteiger partial charge is 0.493 e. The molecule has 0 bridgehead atoms. The first-order chi connectivity index (χ1) is 15.0. The van der Waals surface area contributed by atoms with Crippen LogP contribution in [0.15, 0.2) is 52.3 Å². The minimum absolute atomic E-state index is 0.00890. The van der Waals surface area contributed by atoms with Crippen molar-refractivity contribution in [1.82, 2.24) is 5.32 Å². The number of ether oxygens (including phenoxy) is 2. The molecule has 2 aromatic rings. The van der Waals surface area contributed by atoms with E-state index in [1.54, 1.807) is 24.3 Å². The van der Waals surface area contributed by atoms with E-state index in [9.17, 15) is 13.2 Å². The van der Waals surface area contributed by atoms with Crippen LogP contribution in [0.3, 0.4) is 0 Å². The molecule has 0 atom stereocenters. The number of carbonyl (C=O) groups is 1. The molecule has 0 aromatic heterocycles. The Morgan fingerprint density at radius 3 is 2.32 bits per heavy atom. The number of amides is 1. The lowest BCUT2D eigenvalue weighted by atomic mass is 10.1. The molecule has 7 nitrogen and oxygen atoms in total. The van der Waals surface area contributed by atoms with Gasteiger partial charge in [-0.2, -0.15) is 0 Å². The minimum atomic E-state index is -3.84. The molecule has 2 N–H and O–H groups in total. The number of methoxy groups -OCH3 is 2. The van der Waals surface area contributed by atoms with Crippen LogP contribution in [-0.2, 0) is 14.6 Å². The summed E-state index contributed by atoms with van der Waals surface area (Å²) in [5.41, 5.74) is 0.383. The van der Waals surface area contributed by atoms with Gasteiger partial charge in [0.2, 0.25) is 15.7 Å². The molecule has 1 saturated carbocycles. The van der Waals surface area contributed by atoms with Crippen LogP contribution in [0.2, 0.25) is 0 Å². The van der Waals surface area contributed by atoms with Gasteiger partial charge in [0.15, 0.2) is 11.5 Å². The van der Waals surface area contributed by atoms with Gasteiger partial charge in [0.05, 0.1) is 36.2 Å². The number of para-hydroxylation sites is 1. The Bertz CT molecular complexity index is 999. The summed E-state index contributed by atoms with van der Waals surface area (Å²) in [7, 11) is -0.890. The average Bonchev–Trinajstić information content (AvgIpc) is 3.06. The van der Waals surface area contributed by atoms with Crippen molar-refractivity contribution in [2.75, 3.05) is 26.1 Å². The zero-order chi connectivity index (χ0) is 22.3. The van der Waals surface area contributed by atoms with Crippen molar-refractivity contribution in [3.8, 4) is 11.5 Å². The first-order valence-corrected chi connectivity index (χ1v) is 12.0. The second-order valence-corrected chi connectivity index (χ2v) is 9.54. The van der Waals surface area contributed by atoms with Crippen molar-refractivity contribution in [2.45, 2.75) is 54.4 Å². The zero-order valence-corrected chi connectivity index (χ0v) is 18.8. The summed E-state index contributed by atoms with van der Waals surface area (Å²) in [6.45, 7) is 0.00890. The van der Waals surface area contributed by atoms with E-state index in [2.05, 4.69) is 10.6 Å². The van der Waals surface area contributed by atoms with Gasteiger partial charge in [0.25, 0.3) is 0 Å². The SMILES string of the molecule is COc1ccc(S(=O)(=O)c2ccccc2NCC(=O)NC2CCCCCC2)cc1OC. The Balaban J connectivity index is 1.75. The second-order valence-electron chi connectivity index (χ2n) is 7.63. The molecular weight excluding hydrogens is 416 g/mol. The van der Waals surface area contributed by atoms with Gasteiger partial charge in [0, 0.05) is 12.1 Å². The molecule has 0 saturated heterocycles. The summed E-state index contributed by atoms with van der Waals surface area (Å²) < 4.78 is 37.0. The van der Waals surface area contributed by atoms with Crippen LogP contribution in [0, 0.1) is 0 Å². The van der Waals surface area contributed by atoms with E-state index in [-0.39, 0.29) is 28.3 Å². The molecule has 2 aromatic carbocycles. The molecule has 1 aliphatic rings. The topological polar surface area (TPSA) is 93.7 Å². The fourth-order valence-corrected chi connectivity index (χ4v) is 5.29. The van der Waals surface area contributed by atoms with Crippen LogP contribution in [0.5, 0.6) is 11.5 Å². The van der Waals surface area contributed by atoms with Crippen molar-refractivity contribution < 1.29 is 22.7 Å². The number of anilines is 1.